The lowest BCUT2D eigenvalue weighted by atomic mass is 10.0. The maximum Gasteiger partial charge on any atom is 0.182 e. The summed E-state index contributed by atoms with van der Waals surface area (Å²) in [7, 11) is 0. The first-order chi connectivity index (χ1) is 23.8. The molecule has 0 saturated carbocycles. The Kier molecular flexibility index (Phi) is 7.70. The largest absolute Gasteiger partial charge is 0.256 e. The number of benzene rings is 2. The molecule has 0 fully saturated rings. The van der Waals surface area contributed by atoms with E-state index in [1.165, 1.54) is 0 Å². The summed E-state index contributed by atoms with van der Waals surface area (Å²) in [5, 5.41) is 0. The van der Waals surface area contributed by atoms with Crippen molar-refractivity contribution >= 4 is 0 Å². The van der Waals surface area contributed by atoms with Gasteiger partial charge in [-0.05, 0) is 48.5 Å². The smallest absolute Gasteiger partial charge is 0.182 e. The molecular formula is C40H26N8. The van der Waals surface area contributed by atoms with Gasteiger partial charge in [-0.15, -0.1) is 0 Å². The Morgan fingerprint density at radius 2 is 0.750 bits per heavy atom. The Labute approximate surface area is 277 Å². The fourth-order valence-electron chi connectivity index (χ4n) is 5.32. The molecule has 0 spiro atoms. The second-order valence-electron chi connectivity index (χ2n) is 11.0. The van der Waals surface area contributed by atoms with Crippen LogP contribution in [0.4, 0.5) is 0 Å². The summed E-state index contributed by atoms with van der Waals surface area (Å²) >= 11 is 0. The van der Waals surface area contributed by atoms with Crippen molar-refractivity contribution in [2.45, 2.75) is 0 Å². The SMILES string of the molecule is c1ccc(-c2nc(-c3ccccc3)nc(-c3ccc(-c4ccc(-c5cc(-c6ccccn6)nc(-c6ccccn6)c5)nc4)cn3)n2)cc1. The van der Waals surface area contributed by atoms with Gasteiger partial charge in [0.2, 0.25) is 0 Å². The van der Waals surface area contributed by atoms with E-state index in [0.29, 0.717) is 23.2 Å². The number of rotatable bonds is 7. The van der Waals surface area contributed by atoms with Gasteiger partial charge in [0.05, 0.1) is 28.5 Å². The average molecular weight is 619 g/mol. The van der Waals surface area contributed by atoms with Crippen molar-refractivity contribution in [3.05, 3.63) is 158 Å². The lowest BCUT2D eigenvalue weighted by Crippen LogP contribution is -2.01. The summed E-state index contributed by atoms with van der Waals surface area (Å²) in [5.74, 6) is 1.70. The monoisotopic (exact) mass is 618 g/mol. The van der Waals surface area contributed by atoms with Crippen molar-refractivity contribution < 1.29 is 0 Å². The van der Waals surface area contributed by atoms with Crippen LogP contribution in [0.2, 0.25) is 0 Å². The van der Waals surface area contributed by atoms with Crippen LogP contribution in [0.15, 0.2) is 158 Å². The topological polar surface area (TPSA) is 103 Å². The molecule has 8 aromatic rings. The fraction of sp³-hybridized carbons (Fsp3) is 0. The normalized spacial score (nSPS) is 10.9. The molecular weight excluding hydrogens is 592 g/mol. The van der Waals surface area contributed by atoms with Gasteiger partial charge in [-0.3, -0.25) is 19.9 Å². The van der Waals surface area contributed by atoms with E-state index in [0.717, 1.165) is 56.3 Å². The third-order valence-electron chi connectivity index (χ3n) is 7.76. The number of aromatic nitrogens is 8. The molecule has 0 aliphatic rings. The molecule has 0 saturated heterocycles. The molecule has 0 aliphatic carbocycles. The van der Waals surface area contributed by atoms with Gasteiger partial charge in [-0.1, -0.05) is 84.9 Å². The Morgan fingerprint density at radius 3 is 1.21 bits per heavy atom. The molecule has 2 aromatic carbocycles. The van der Waals surface area contributed by atoms with Crippen LogP contribution in [0.5, 0.6) is 0 Å². The Balaban J connectivity index is 1.11. The molecule has 0 aliphatic heterocycles. The maximum absolute atomic E-state index is 4.87. The van der Waals surface area contributed by atoms with Crippen molar-refractivity contribution in [2.75, 3.05) is 0 Å². The number of hydrogen-bond donors (Lipinski definition) is 0. The molecule has 8 nitrogen and oxygen atoms in total. The molecule has 0 radical (unpaired) electrons. The van der Waals surface area contributed by atoms with E-state index >= 15 is 0 Å². The van der Waals surface area contributed by atoms with Crippen LogP contribution in [-0.2, 0) is 0 Å². The van der Waals surface area contributed by atoms with E-state index in [4.69, 9.17) is 29.9 Å². The van der Waals surface area contributed by atoms with E-state index < -0.39 is 0 Å². The molecule has 48 heavy (non-hydrogen) atoms. The highest BCUT2D eigenvalue weighted by atomic mass is 15.0. The Morgan fingerprint density at radius 1 is 0.271 bits per heavy atom. The molecule has 8 rings (SSSR count). The molecule has 0 amide bonds. The zero-order valence-corrected chi connectivity index (χ0v) is 25.6. The molecule has 0 N–H and O–H groups in total. The zero-order valence-electron chi connectivity index (χ0n) is 25.6. The van der Waals surface area contributed by atoms with Crippen LogP contribution < -0.4 is 0 Å². The Bertz CT molecular complexity index is 2010. The van der Waals surface area contributed by atoms with Gasteiger partial charge in [0.15, 0.2) is 17.5 Å². The third-order valence-corrected chi connectivity index (χ3v) is 7.76. The van der Waals surface area contributed by atoms with Crippen LogP contribution >= 0.6 is 0 Å². The minimum atomic E-state index is 0.507. The van der Waals surface area contributed by atoms with E-state index in [1.807, 2.05) is 146 Å². The predicted molar refractivity (Wildman–Crippen MR) is 187 cm³/mol. The molecule has 8 heteroatoms. The van der Waals surface area contributed by atoms with Crippen molar-refractivity contribution in [1.29, 1.82) is 0 Å². The summed E-state index contributed by atoms with van der Waals surface area (Å²) in [4.78, 5) is 37.9. The molecule has 0 atom stereocenters. The van der Waals surface area contributed by atoms with Crippen molar-refractivity contribution in [3.63, 3.8) is 0 Å². The highest BCUT2D eigenvalue weighted by Crippen LogP contribution is 2.30. The van der Waals surface area contributed by atoms with Gasteiger partial charge in [-0.2, -0.15) is 0 Å². The first kappa shape index (κ1) is 28.7. The second kappa shape index (κ2) is 12.9. The van der Waals surface area contributed by atoms with Gasteiger partial charge in [-0.25, -0.2) is 19.9 Å². The number of pyridine rings is 5. The molecule has 6 heterocycles. The van der Waals surface area contributed by atoms with Crippen molar-refractivity contribution in [3.8, 4) is 79.5 Å². The summed E-state index contributed by atoms with van der Waals surface area (Å²) in [5.41, 5.74) is 9.14. The van der Waals surface area contributed by atoms with E-state index in [9.17, 15) is 0 Å². The highest BCUT2D eigenvalue weighted by molar-refractivity contribution is 5.74. The first-order valence-corrected chi connectivity index (χ1v) is 15.4. The van der Waals surface area contributed by atoms with Gasteiger partial charge in [0, 0.05) is 52.6 Å². The minimum Gasteiger partial charge on any atom is -0.256 e. The lowest BCUT2D eigenvalue weighted by Gasteiger charge is -2.10. The number of hydrogen-bond acceptors (Lipinski definition) is 8. The van der Waals surface area contributed by atoms with Crippen LogP contribution in [0.1, 0.15) is 0 Å². The molecule has 0 bridgehead atoms. The second-order valence-corrected chi connectivity index (χ2v) is 11.0. The number of nitrogens with zero attached hydrogens (tertiary/aromatic N) is 8. The van der Waals surface area contributed by atoms with E-state index in [1.54, 1.807) is 12.4 Å². The van der Waals surface area contributed by atoms with Crippen LogP contribution in [-0.4, -0.2) is 39.9 Å². The van der Waals surface area contributed by atoms with Gasteiger partial charge < -0.3 is 0 Å². The van der Waals surface area contributed by atoms with Gasteiger partial charge in [0.1, 0.15) is 5.69 Å². The third kappa shape index (κ3) is 6.05. The van der Waals surface area contributed by atoms with Gasteiger partial charge >= 0.3 is 0 Å². The Hall–Kier alpha value is -6.80. The minimum absolute atomic E-state index is 0.507. The zero-order chi connectivity index (χ0) is 32.1. The molecule has 226 valence electrons. The predicted octanol–water partition coefficient (Wildman–Crippen LogP) is 8.52. The fourth-order valence-corrected chi connectivity index (χ4v) is 5.32. The van der Waals surface area contributed by atoms with E-state index in [2.05, 4.69) is 9.97 Å². The van der Waals surface area contributed by atoms with Crippen LogP contribution in [0, 0.1) is 0 Å². The average Bonchev–Trinajstić information content (AvgIpc) is 3.19. The van der Waals surface area contributed by atoms with Crippen molar-refractivity contribution in [1.82, 2.24) is 39.9 Å². The van der Waals surface area contributed by atoms with Crippen LogP contribution in [0.3, 0.4) is 0 Å². The summed E-state index contributed by atoms with van der Waals surface area (Å²) in [6, 6.07) is 43.4. The quantitative estimate of drug-likeness (QED) is 0.175. The van der Waals surface area contributed by atoms with Gasteiger partial charge in [0.25, 0.3) is 0 Å². The highest BCUT2D eigenvalue weighted by Gasteiger charge is 2.14. The molecule has 0 unspecified atom stereocenters. The van der Waals surface area contributed by atoms with E-state index in [-0.39, 0.29) is 0 Å². The lowest BCUT2D eigenvalue weighted by molar-refractivity contribution is 1.06. The summed E-state index contributed by atoms with van der Waals surface area (Å²) < 4.78 is 0. The summed E-state index contributed by atoms with van der Waals surface area (Å²) in [6.07, 6.45) is 7.21. The van der Waals surface area contributed by atoms with Crippen LogP contribution in [0.25, 0.3) is 79.5 Å². The van der Waals surface area contributed by atoms with Crippen molar-refractivity contribution in [2.24, 2.45) is 0 Å². The standard InChI is InChI=1S/C40H26N8/c1-3-11-27(12-4-1)38-46-39(28-13-5-2-6-14-28)48-40(47-38)35-20-18-30(26-44-35)29-17-19-32(43-25-29)31-23-36(33-15-7-9-21-41-33)45-37(24-31)34-16-8-10-22-42-34/h1-26H. The summed E-state index contributed by atoms with van der Waals surface area (Å²) in [6.45, 7) is 0. The first-order valence-electron chi connectivity index (χ1n) is 15.4. The maximum atomic E-state index is 4.87. The molecule has 6 aromatic heterocycles.